The highest BCUT2D eigenvalue weighted by atomic mass is 16.5. The van der Waals surface area contributed by atoms with Gasteiger partial charge in [-0.15, -0.1) is 0 Å². The van der Waals surface area contributed by atoms with Crippen LogP contribution in [0.3, 0.4) is 0 Å². The van der Waals surface area contributed by atoms with Crippen molar-refractivity contribution in [2.75, 3.05) is 7.11 Å². The van der Waals surface area contributed by atoms with E-state index in [0.29, 0.717) is 28.4 Å². The van der Waals surface area contributed by atoms with E-state index < -0.39 is 0 Å². The summed E-state index contributed by atoms with van der Waals surface area (Å²) < 4.78 is 10.8. The van der Waals surface area contributed by atoms with Crippen molar-refractivity contribution in [3.63, 3.8) is 0 Å². The summed E-state index contributed by atoms with van der Waals surface area (Å²) >= 11 is 0. The molecule has 0 saturated heterocycles. The molecule has 2 aromatic carbocycles. The number of benzene rings is 2. The Bertz CT molecular complexity index is 687. The first-order chi connectivity index (χ1) is 9.66. The molecule has 0 aliphatic heterocycles. The van der Waals surface area contributed by atoms with E-state index in [1.165, 1.54) is 7.11 Å². The highest BCUT2D eigenvalue weighted by molar-refractivity contribution is 5.77. The molecule has 0 radical (unpaired) electrons. The number of aryl methyl sites for hydroxylation is 1. The fourth-order valence-corrected chi connectivity index (χ4v) is 1.79. The van der Waals surface area contributed by atoms with Gasteiger partial charge in [0.1, 0.15) is 23.5 Å². The van der Waals surface area contributed by atoms with Crippen molar-refractivity contribution < 1.29 is 14.3 Å². The van der Waals surface area contributed by atoms with Gasteiger partial charge in [0, 0.05) is 11.6 Å². The van der Waals surface area contributed by atoms with Crippen molar-refractivity contribution in [2.45, 2.75) is 6.92 Å². The fraction of sp³-hybridized carbons (Fsp3) is 0.125. The van der Waals surface area contributed by atoms with Crippen LogP contribution < -0.4 is 9.47 Å². The molecule has 0 aromatic heterocycles. The Morgan fingerprint density at radius 2 is 1.85 bits per heavy atom. The summed E-state index contributed by atoms with van der Waals surface area (Å²) in [4.78, 5) is 10.8. The smallest absolute Gasteiger partial charge is 0.150 e. The normalized spacial score (nSPS) is 9.65. The molecule has 0 heterocycles. The van der Waals surface area contributed by atoms with Gasteiger partial charge in [-0.3, -0.25) is 4.79 Å². The average molecular weight is 267 g/mol. The Morgan fingerprint density at radius 3 is 2.45 bits per heavy atom. The molecule has 0 bridgehead atoms. The van der Waals surface area contributed by atoms with E-state index in [1.807, 2.05) is 6.92 Å². The second kappa shape index (κ2) is 5.89. The van der Waals surface area contributed by atoms with Crippen LogP contribution in [0.15, 0.2) is 36.4 Å². The summed E-state index contributed by atoms with van der Waals surface area (Å²) in [6.07, 6.45) is 0.804. The van der Waals surface area contributed by atoms with Gasteiger partial charge in [-0.05, 0) is 42.8 Å². The maximum absolute atomic E-state index is 10.8. The molecule has 0 spiro atoms. The van der Waals surface area contributed by atoms with E-state index in [2.05, 4.69) is 6.07 Å². The number of ether oxygens (including phenoxy) is 2. The summed E-state index contributed by atoms with van der Waals surface area (Å²) in [6, 6.07) is 12.2. The summed E-state index contributed by atoms with van der Waals surface area (Å²) in [7, 11) is 1.53. The average Bonchev–Trinajstić information content (AvgIpc) is 2.47. The van der Waals surface area contributed by atoms with Crippen molar-refractivity contribution >= 4 is 6.29 Å². The molecule has 0 amide bonds. The molecule has 0 saturated carbocycles. The highest BCUT2D eigenvalue weighted by Crippen LogP contribution is 2.28. The third kappa shape index (κ3) is 2.96. The maximum Gasteiger partial charge on any atom is 0.150 e. The van der Waals surface area contributed by atoms with Crippen LogP contribution in [0.2, 0.25) is 0 Å². The lowest BCUT2D eigenvalue weighted by Crippen LogP contribution is -1.91. The van der Waals surface area contributed by atoms with Gasteiger partial charge in [-0.1, -0.05) is 0 Å². The lowest BCUT2D eigenvalue weighted by atomic mass is 10.1. The molecule has 0 aliphatic rings. The lowest BCUT2D eigenvalue weighted by molar-refractivity contribution is 0.112. The molecule has 0 unspecified atom stereocenters. The molecule has 20 heavy (non-hydrogen) atoms. The standard InChI is InChI=1S/C16H13NO3/c1-11-5-14(4-3-13(11)10-18)20-16-7-12(9-17)6-15(8-16)19-2/h3-8,10H,1-2H3. The first-order valence-electron chi connectivity index (χ1n) is 5.99. The molecule has 0 N–H and O–H groups in total. The number of hydrogen-bond donors (Lipinski definition) is 0. The number of nitriles is 1. The number of carbonyl (C=O) groups is 1. The summed E-state index contributed by atoms with van der Waals surface area (Å²) in [5.41, 5.74) is 1.92. The second-order valence-corrected chi connectivity index (χ2v) is 4.25. The van der Waals surface area contributed by atoms with E-state index in [0.717, 1.165) is 11.8 Å². The van der Waals surface area contributed by atoms with Crippen molar-refractivity contribution in [1.82, 2.24) is 0 Å². The SMILES string of the molecule is COc1cc(C#N)cc(Oc2ccc(C=O)c(C)c2)c1. The molecule has 0 aliphatic carbocycles. The molecule has 2 rings (SSSR count). The van der Waals surface area contributed by atoms with Gasteiger partial charge >= 0.3 is 0 Å². The zero-order chi connectivity index (χ0) is 14.5. The number of nitrogens with zero attached hydrogens (tertiary/aromatic N) is 1. The van der Waals surface area contributed by atoms with E-state index in [1.54, 1.807) is 36.4 Å². The topological polar surface area (TPSA) is 59.3 Å². The number of rotatable bonds is 4. The Morgan fingerprint density at radius 1 is 1.10 bits per heavy atom. The first-order valence-corrected chi connectivity index (χ1v) is 5.99. The van der Waals surface area contributed by atoms with Crippen molar-refractivity contribution in [1.29, 1.82) is 5.26 Å². The molecule has 100 valence electrons. The minimum Gasteiger partial charge on any atom is -0.497 e. The Kier molecular flexibility index (Phi) is 4.02. The summed E-state index contributed by atoms with van der Waals surface area (Å²) in [5, 5.41) is 8.96. The van der Waals surface area contributed by atoms with Gasteiger partial charge in [-0.2, -0.15) is 5.26 Å². The Hall–Kier alpha value is -2.80. The minimum absolute atomic E-state index is 0.459. The van der Waals surface area contributed by atoms with Crippen LogP contribution in [-0.4, -0.2) is 13.4 Å². The van der Waals surface area contributed by atoms with Crippen LogP contribution in [0, 0.1) is 18.3 Å². The zero-order valence-corrected chi connectivity index (χ0v) is 11.2. The Balaban J connectivity index is 2.32. The monoisotopic (exact) mass is 267 g/mol. The largest absolute Gasteiger partial charge is 0.497 e. The third-order valence-corrected chi connectivity index (χ3v) is 2.85. The molecule has 4 nitrogen and oxygen atoms in total. The number of methoxy groups -OCH3 is 1. The van der Waals surface area contributed by atoms with Gasteiger partial charge in [-0.25, -0.2) is 0 Å². The molecular formula is C16H13NO3. The molecule has 0 atom stereocenters. The predicted octanol–water partition coefficient (Wildman–Crippen LogP) is 3.48. The van der Waals surface area contributed by atoms with Crippen LogP contribution in [0.5, 0.6) is 17.2 Å². The first kappa shape index (κ1) is 13.6. The minimum atomic E-state index is 0.459. The van der Waals surface area contributed by atoms with E-state index in [4.69, 9.17) is 14.7 Å². The number of carbonyl (C=O) groups excluding carboxylic acids is 1. The number of hydrogen-bond acceptors (Lipinski definition) is 4. The fourth-order valence-electron chi connectivity index (χ4n) is 1.79. The summed E-state index contributed by atoms with van der Waals surface area (Å²) in [5.74, 6) is 1.67. The lowest BCUT2D eigenvalue weighted by Gasteiger charge is -2.09. The van der Waals surface area contributed by atoms with Gasteiger partial charge in [0.2, 0.25) is 0 Å². The molecule has 4 heteroatoms. The summed E-state index contributed by atoms with van der Waals surface area (Å²) in [6.45, 7) is 1.84. The third-order valence-electron chi connectivity index (χ3n) is 2.85. The van der Waals surface area contributed by atoms with E-state index in [-0.39, 0.29) is 0 Å². The quantitative estimate of drug-likeness (QED) is 0.796. The zero-order valence-electron chi connectivity index (χ0n) is 11.2. The van der Waals surface area contributed by atoms with Gasteiger partial charge in [0.15, 0.2) is 0 Å². The van der Waals surface area contributed by atoms with E-state index in [9.17, 15) is 4.79 Å². The molecular weight excluding hydrogens is 254 g/mol. The number of aldehydes is 1. The Labute approximate surface area is 117 Å². The van der Waals surface area contributed by atoms with Gasteiger partial charge in [0.05, 0.1) is 18.7 Å². The highest BCUT2D eigenvalue weighted by Gasteiger charge is 2.05. The second-order valence-electron chi connectivity index (χ2n) is 4.25. The predicted molar refractivity (Wildman–Crippen MR) is 74.3 cm³/mol. The van der Waals surface area contributed by atoms with Crippen LogP contribution in [0.25, 0.3) is 0 Å². The van der Waals surface area contributed by atoms with Crippen LogP contribution >= 0.6 is 0 Å². The molecule has 0 fully saturated rings. The van der Waals surface area contributed by atoms with Crippen LogP contribution in [0.4, 0.5) is 0 Å². The van der Waals surface area contributed by atoms with Gasteiger partial charge in [0.25, 0.3) is 0 Å². The van der Waals surface area contributed by atoms with E-state index >= 15 is 0 Å². The van der Waals surface area contributed by atoms with Crippen molar-refractivity contribution in [3.8, 4) is 23.3 Å². The van der Waals surface area contributed by atoms with Gasteiger partial charge < -0.3 is 9.47 Å². The molecule has 2 aromatic rings. The maximum atomic E-state index is 10.8. The van der Waals surface area contributed by atoms with Crippen LogP contribution in [-0.2, 0) is 0 Å². The van der Waals surface area contributed by atoms with Crippen LogP contribution in [0.1, 0.15) is 21.5 Å². The van der Waals surface area contributed by atoms with Crippen molar-refractivity contribution in [2.24, 2.45) is 0 Å². The van der Waals surface area contributed by atoms with Crippen molar-refractivity contribution in [3.05, 3.63) is 53.1 Å².